The molecule has 0 aromatic heterocycles. The molecule has 0 radical (unpaired) electrons. The largest absolute Gasteiger partial charge is 0.394 e. The van der Waals surface area contributed by atoms with E-state index in [2.05, 4.69) is 10.6 Å². The van der Waals surface area contributed by atoms with E-state index in [-0.39, 0.29) is 0 Å². The molecule has 598 valence electrons. The molecular formula is C58H98N2O43. The van der Waals surface area contributed by atoms with E-state index >= 15 is 0 Å². The summed E-state index contributed by atoms with van der Waals surface area (Å²) in [4.78, 5) is 27.1. The van der Waals surface area contributed by atoms with Crippen molar-refractivity contribution in [1.29, 1.82) is 0 Å². The highest BCUT2D eigenvalue weighted by Crippen LogP contribution is 2.41. The van der Waals surface area contributed by atoms with E-state index < -0.39 is 328 Å². The molecule has 9 rings (SSSR count). The van der Waals surface area contributed by atoms with Crippen molar-refractivity contribution in [2.24, 2.45) is 0 Å². The maximum absolute atomic E-state index is 13.6. The van der Waals surface area contributed by atoms with Crippen molar-refractivity contribution in [3.05, 3.63) is 0 Å². The van der Waals surface area contributed by atoms with Crippen molar-refractivity contribution in [1.82, 2.24) is 10.6 Å². The molecule has 9 heterocycles. The van der Waals surface area contributed by atoms with E-state index in [0.29, 0.717) is 0 Å². The summed E-state index contributed by atoms with van der Waals surface area (Å²) in [6, 6.07) is -4.12. The number of hydrogen-bond donors (Lipinski definition) is 26. The Labute approximate surface area is 584 Å². The SMILES string of the molecule is CC(=O)N[C@@H]1[C@H](O[C@H]2[C@@H](O)[C@@H](CO)O[C@@H](O[C@H]3[C@H](O)[C@@H](O)[C@H](O)O[C@@H]3CO)[C@@H]2O)O[C@H](CO)[C@@H](O[C@@H]2O[C@@H](C)[C@@H](O)[C@@H](O)[C@@H]2O)[C@@H]1O[C@@H]1O[C@H](CO)[C@H](O)[C@H](O[C@@H]2O[C@H](CO)[C@@H](O[C@@H]3O[C@@H](C)[C@@H](O)[C@@H](O)[C@@H]3O)[C@H](O[C@@H]3O[C@H](CO)[C@H](O)[C@H](O)[C@H]3O[C@@H]3O[C@@H](C)[C@@H](O)[C@@H](O)[C@@H]3O)[C@H]2NC(C)=O)[C@H]1O. The summed E-state index contributed by atoms with van der Waals surface area (Å²) in [7, 11) is 0. The van der Waals surface area contributed by atoms with Crippen LogP contribution in [0.1, 0.15) is 34.6 Å². The number of hydrogen-bond acceptors (Lipinski definition) is 43. The molecule has 0 aliphatic carbocycles. The first kappa shape index (κ1) is 84.3. The molecule has 9 aliphatic heterocycles. The fourth-order valence-electron chi connectivity index (χ4n) is 13.6. The van der Waals surface area contributed by atoms with Crippen LogP contribution in [0.2, 0.25) is 0 Å². The van der Waals surface area contributed by atoms with Gasteiger partial charge in [-0.05, 0) is 20.8 Å². The standard InChI is InChI=1S/C58H98N2O43/c1-12-25(69)31(75)37(81)53(87-12)97-43-21(10-65)94-51(101-47-29(73)18(7-62)91-56(40(47)84)96-42-20(9-64)90-50(86)36(80)35(42)79)23(59-15(4)67)45(43)99-57-41(85)48(30(74)19(8-63)92-57)102-52-24(60-16(5)68)46(44(22(11-66)95-52)98-54-38(82)32(76)26(70)13(2)88-54)100-58-49(34(78)28(72)17(6-61)93-58)103-55-39(83)33(77)27(71)14(3)89-55/h12-14,17-58,61-66,69-86H,6-11H2,1-5H3,(H,59,67)(H,60,68)/t12-,13-,14-,17+,18+,19+,20+,21+,22+,23-,24+,25+,26+,27+,28-,29-,30-,31+,32+,33+,34-,35+,36+,37-,38-,39-,40+,41+,42+,43+,44+,45+,46+,47-,48-,49+,50+,51-,52-,53-,54-,55-,56-,57-,58-/m0/s1. The van der Waals surface area contributed by atoms with Gasteiger partial charge in [0.05, 0.1) is 58.0 Å². The second-order valence-electron chi connectivity index (χ2n) is 26.6. The summed E-state index contributed by atoms with van der Waals surface area (Å²) >= 11 is 0. The monoisotopic (exact) mass is 1510 g/mol. The lowest BCUT2D eigenvalue weighted by atomic mass is 9.93. The van der Waals surface area contributed by atoms with Crippen LogP contribution in [-0.4, -0.2) is 450 Å². The molecule has 0 bridgehead atoms. The van der Waals surface area contributed by atoms with Gasteiger partial charge in [0.15, 0.2) is 56.6 Å². The quantitative estimate of drug-likeness (QED) is 0.0427. The highest BCUT2D eigenvalue weighted by atomic mass is 16.8. The molecular weight excluding hydrogens is 1410 g/mol. The maximum atomic E-state index is 13.6. The van der Waals surface area contributed by atoms with Crippen molar-refractivity contribution < 1.29 is 213 Å². The number of nitrogens with one attached hydrogen (secondary N) is 2. The average Bonchev–Trinajstić information content (AvgIpc) is 0.761. The third kappa shape index (κ3) is 17.9. The smallest absolute Gasteiger partial charge is 0.217 e. The molecule has 45 atom stereocenters. The van der Waals surface area contributed by atoms with Crippen LogP contribution in [0.5, 0.6) is 0 Å². The Morgan fingerprint density at radius 2 is 0.524 bits per heavy atom. The molecule has 0 aromatic carbocycles. The lowest BCUT2D eigenvalue weighted by Gasteiger charge is -2.53. The zero-order chi connectivity index (χ0) is 75.8. The normalized spacial score (nSPS) is 52.3. The second-order valence-corrected chi connectivity index (χ2v) is 26.6. The lowest BCUT2D eigenvalue weighted by Crippen LogP contribution is -2.72. The minimum absolute atomic E-state index is 0.922. The molecule has 0 aromatic rings. The topological polar surface area (TPSA) is 701 Å². The molecule has 0 saturated carbocycles. The van der Waals surface area contributed by atoms with Crippen LogP contribution in [0, 0.1) is 0 Å². The van der Waals surface area contributed by atoms with Gasteiger partial charge in [0, 0.05) is 13.8 Å². The number of ether oxygens (including phenoxy) is 17. The van der Waals surface area contributed by atoms with Gasteiger partial charge in [-0.3, -0.25) is 9.59 Å². The summed E-state index contributed by atoms with van der Waals surface area (Å²) in [6.07, 6.45) is -86.8. The Bertz CT molecular complexity index is 2660. The zero-order valence-electron chi connectivity index (χ0n) is 55.7. The molecule has 9 fully saturated rings. The molecule has 9 saturated heterocycles. The van der Waals surface area contributed by atoms with Gasteiger partial charge in [-0.25, -0.2) is 0 Å². The van der Waals surface area contributed by atoms with Crippen LogP contribution in [-0.2, 0) is 90.1 Å². The van der Waals surface area contributed by atoms with Crippen molar-refractivity contribution in [2.45, 2.75) is 311 Å². The molecule has 26 N–H and O–H groups in total. The van der Waals surface area contributed by atoms with Gasteiger partial charge >= 0.3 is 0 Å². The minimum atomic E-state index is -2.54. The fraction of sp³-hybridized carbons (Fsp3) is 0.966. The van der Waals surface area contributed by atoms with Crippen LogP contribution in [0.3, 0.4) is 0 Å². The van der Waals surface area contributed by atoms with E-state index in [1.165, 1.54) is 20.8 Å². The van der Waals surface area contributed by atoms with E-state index in [1.807, 2.05) is 0 Å². The number of carbonyl (C=O) groups excluding carboxylic acids is 2. The molecule has 45 heteroatoms. The van der Waals surface area contributed by atoms with Crippen LogP contribution in [0.25, 0.3) is 0 Å². The molecule has 2 amide bonds. The average molecular weight is 1510 g/mol. The molecule has 0 spiro atoms. The summed E-state index contributed by atoms with van der Waals surface area (Å²) < 4.78 is 102. The molecule has 9 aliphatic rings. The van der Waals surface area contributed by atoms with Crippen LogP contribution >= 0.6 is 0 Å². The highest BCUT2D eigenvalue weighted by molar-refractivity contribution is 5.73. The Morgan fingerprint density at radius 3 is 0.883 bits per heavy atom. The Balaban J connectivity index is 1.09. The fourth-order valence-corrected chi connectivity index (χ4v) is 13.6. The van der Waals surface area contributed by atoms with Gasteiger partial charge in [0.25, 0.3) is 0 Å². The summed E-state index contributed by atoms with van der Waals surface area (Å²) in [5.74, 6) is -2.02. The number of aliphatic hydroxyl groups is 24. The Kier molecular flexibility index (Phi) is 29.5. The Hall–Kier alpha value is -2.70. The first-order valence-electron chi connectivity index (χ1n) is 33.2. The first-order chi connectivity index (χ1) is 48.6. The predicted molar refractivity (Wildman–Crippen MR) is 316 cm³/mol. The van der Waals surface area contributed by atoms with Crippen LogP contribution < -0.4 is 10.6 Å². The lowest BCUT2D eigenvalue weighted by molar-refractivity contribution is -0.403. The Morgan fingerprint density at radius 1 is 0.252 bits per heavy atom. The van der Waals surface area contributed by atoms with E-state index in [1.54, 1.807) is 0 Å². The predicted octanol–water partition coefficient (Wildman–Crippen LogP) is -17.3. The van der Waals surface area contributed by atoms with Gasteiger partial charge < -0.3 is 214 Å². The van der Waals surface area contributed by atoms with Crippen molar-refractivity contribution in [2.75, 3.05) is 39.6 Å². The van der Waals surface area contributed by atoms with Gasteiger partial charge in [0.2, 0.25) is 11.8 Å². The summed E-state index contributed by atoms with van der Waals surface area (Å²) in [5, 5.41) is 270. The van der Waals surface area contributed by atoms with Gasteiger partial charge in [0.1, 0.15) is 201 Å². The van der Waals surface area contributed by atoms with Gasteiger partial charge in [-0.1, -0.05) is 0 Å². The molecule has 45 nitrogen and oxygen atoms in total. The number of rotatable bonds is 24. The summed E-state index contributed by atoms with van der Waals surface area (Å²) in [5.41, 5.74) is 0. The minimum Gasteiger partial charge on any atom is -0.394 e. The third-order valence-corrected chi connectivity index (χ3v) is 19.5. The van der Waals surface area contributed by atoms with E-state index in [9.17, 15) is 132 Å². The van der Waals surface area contributed by atoms with Gasteiger partial charge in [-0.15, -0.1) is 0 Å². The molecule has 0 unspecified atom stereocenters. The van der Waals surface area contributed by atoms with Crippen LogP contribution in [0.4, 0.5) is 0 Å². The van der Waals surface area contributed by atoms with Crippen molar-refractivity contribution in [3.8, 4) is 0 Å². The van der Waals surface area contributed by atoms with Crippen molar-refractivity contribution >= 4 is 11.8 Å². The number of amides is 2. The third-order valence-electron chi connectivity index (χ3n) is 19.5. The summed E-state index contributed by atoms with van der Waals surface area (Å²) in [6.45, 7) is -1.19. The maximum Gasteiger partial charge on any atom is 0.217 e. The highest BCUT2D eigenvalue weighted by Gasteiger charge is 2.62. The van der Waals surface area contributed by atoms with Gasteiger partial charge in [-0.2, -0.15) is 0 Å². The van der Waals surface area contributed by atoms with Crippen molar-refractivity contribution in [3.63, 3.8) is 0 Å². The second kappa shape index (κ2) is 36.0. The number of aliphatic hydroxyl groups excluding tert-OH is 24. The zero-order valence-corrected chi connectivity index (χ0v) is 55.7. The first-order valence-corrected chi connectivity index (χ1v) is 33.2. The molecule has 103 heavy (non-hydrogen) atoms. The van der Waals surface area contributed by atoms with Crippen LogP contribution in [0.15, 0.2) is 0 Å². The van der Waals surface area contributed by atoms with E-state index in [4.69, 9.17) is 80.5 Å². The van der Waals surface area contributed by atoms with E-state index in [0.717, 1.165) is 13.8 Å². The number of carbonyl (C=O) groups is 2.